The van der Waals surface area contributed by atoms with Crippen molar-refractivity contribution in [2.24, 2.45) is 0 Å². The lowest BCUT2D eigenvalue weighted by Gasteiger charge is -2.21. The summed E-state index contributed by atoms with van der Waals surface area (Å²) in [6, 6.07) is 15.3. The lowest BCUT2D eigenvalue weighted by Crippen LogP contribution is -2.21. The standard InChI is InChI=1S/C14H12FNS2/c15-11-5-1-2-6-12(11)16-9-17-13-7-3-4-8-14(13)18-10-16/h1-8H,9-10H2. The van der Waals surface area contributed by atoms with Crippen LogP contribution in [0.3, 0.4) is 0 Å². The summed E-state index contributed by atoms with van der Waals surface area (Å²) in [6.45, 7) is 0. The first-order chi connectivity index (χ1) is 8.84. The van der Waals surface area contributed by atoms with Gasteiger partial charge in [0.15, 0.2) is 0 Å². The monoisotopic (exact) mass is 277 g/mol. The van der Waals surface area contributed by atoms with Crippen LogP contribution in [-0.2, 0) is 0 Å². The summed E-state index contributed by atoms with van der Waals surface area (Å²) in [4.78, 5) is 4.63. The molecule has 3 rings (SSSR count). The van der Waals surface area contributed by atoms with Gasteiger partial charge in [-0.2, -0.15) is 0 Å². The predicted molar refractivity (Wildman–Crippen MR) is 76.8 cm³/mol. The van der Waals surface area contributed by atoms with Crippen LogP contribution in [0.1, 0.15) is 0 Å². The highest BCUT2D eigenvalue weighted by Crippen LogP contribution is 2.37. The van der Waals surface area contributed by atoms with Crippen LogP contribution in [0, 0.1) is 5.82 Å². The zero-order valence-electron chi connectivity index (χ0n) is 9.67. The Morgan fingerprint density at radius 1 is 0.833 bits per heavy atom. The fourth-order valence-corrected chi connectivity index (χ4v) is 4.16. The van der Waals surface area contributed by atoms with E-state index in [0.29, 0.717) is 5.69 Å². The number of thioether (sulfide) groups is 2. The van der Waals surface area contributed by atoms with Gasteiger partial charge < -0.3 is 4.90 Å². The van der Waals surface area contributed by atoms with E-state index in [-0.39, 0.29) is 5.82 Å². The Morgan fingerprint density at radius 3 is 2.00 bits per heavy atom. The highest BCUT2D eigenvalue weighted by molar-refractivity contribution is 8.03. The number of para-hydroxylation sites is 1. The Bertz CT molecular complexity index is 532. The molecule has 2 aromatic rings. The first-order valence-corrected chi connectivity index (χ1v) is 7.66. The number of halogens is 1. The van der Waals surface area contributed by atoms with Crippen molar-refractivity contribution in [2.75, 3.05) is 16.7 Å². The van der Waals surface area contributed by atoms with Crippen molar-refractivity contribution in [3.63, 3.8) is 0 Å². The summed E-state index contributed by atoms with van der Waals surface area (Å²) >= 11 is 3.52. The molecule has 1 heterocycles. The maximum atomic E-state index is 13.8. The fraction of sp³-hybridized carbons (Fsp3) is 0.143. The van der Waals surface area contributed by atoms with Gasteiger partial charge in [0.25, 0.3) is 0 Å². The average molecular weight is 277 g/mol. The molecule has 0 spiro atoms. The molecule has 0 saturated carbocycles. The van der Waals surface area contributed by atoms with E-state index in [1.807, 2.05) is 24.3 Å². The number of rotatable bonds is 1. The molecule has 4 heteroatoms. The van der Waals surface area contributed by atoms with Gasteiger partial charge in [0.2, 0.25) is 0 Å². The maximum absolute atomic E-state index is 13.8. The summed E-state index contributed by atoms with van der Waals surface area (Å²) < 4.78 is 13.8. The SMILES string of the molecule is Fc1ccccc1N1CSc2ccccc2SC1. The highest BCUT2D eigenvalue weighted by atomic mass is 32.2. The van der Waals surface area contributed by atoms with E-state index < -0.39 is 0 Å². The topological polar surface area (TPSA) is 3.24 Å². The minimum atomic E-state index is -0.148. The number of anilines is 1. The van der Waals surface area contributed by atoms with Crippen LogP contribution in [0.5, 0.6) is 0 Å². The van der Waals surface area contributed by atoms with E-state index in [0.717, 1.165) is 11.8 Å². The molecule has 0 bridgehead atoms. The number of fused-ring (bicyclic) bond motifs is 1. The average Bonchev–Trinajstić information content (AvgIpc) is 2.62. The molecule has 0 aliphatic carbocycles. The Hall–Kier alpha value is -1.13. The summed E-state index contributed by atoms with van der Waals surface area (Å²) in [5, 5.41) is 0. The quantitative estimate of drug-likeness (QED) is 0.758. The molecule has 0 aromatic heterocycles. The van der Waals surface area contributed by atoms with Crippen LogP contribution in [-0.4, -0.2) is 11.8 Å². The van der Waals surface area contributed by atoms with Gasteiger partial charge in [-0.25, -0.2) is 4.39 Å². The Morgan fingerprint density at radius 2 is 1.39 bits per heavy atom. The van der Waals surface area contributed by atoms with Crippen molar-refractivity contribution in [3.05, 3.63) is 54.3 Å². The first kappa shape index (κ1) is 11.9. The van der Waals surface area contributed by atoms with E-state index in [2.05, 4.69) is 17.0 Å². The van der Waals surface area contributed by atoms with Crippen LogP contribution >= 0.6 is 23.5 Å². The van der Waals surface area contributed by atoms with E-state index in [9.17, 15) is 4.39 Å². The van der Waals surface area contributed by atoms with Crippen molar-refractivity contribution in [1.82, 2.24) is 0 Å². The predicted octanol–water partition coefficient (Wildman–Crippen LogP) is 4.45. The molecule has 92 valence electrons. The maximum Gasteiger partial charge on any atom is 0.146 e. The third-order valence-corrected chi connectivity index (χ3v) is 5.14. The number of nitrogens with zero attached hydrogens (tertiary/aromatic N) is 1. The van der Waals surface area contributed by atoms with Crippen LogP contribution in [0.2, 0.25) is 0 Å². The molecule has 0 radical (unpaired) electrons. The van der Waals surface area contributed by atoms with Crippen LogP contribution in [0.25, 0.3) is 0 Å². The summed E-state index contributed by atoms with van der Waals surface area (Å²) in [5.41, 5.74) is 0.685. The largest absolute Gasteiger partial charge is 0.350 e. The Labute approximate surface area is 114 Å². The van der Waals surface area contributed by atoms with E-state index in [1.54, 1.807) is 29.6 Å². The fourth-order valence-electron chi connectivity index (χ4n) is 1.87. The molecule has 0 N–H and O–H groups in total. The normalized spacial score (nSPS) is 15.1. The summed E-state index contributed by atoms with van der Waals surface area (Å²) in [6.07, 6.45) is 0. The second-order valence-electron chi connectivity index (χ2n) is 3.98. The van der Waals surface area contributed by atoms with Crippen LogP contribution in [0.15, 0.2) is 58.3 Å². The molecule has 1 nitrogen and oxygen atoms in total. The molecule has 0 amide bonds. The second-order valence-corrected chi connectivity index (χ2v) is 5.96. The van der Waals surface area contributed by atoms with E-state index in [1.165, 1.54) is 15.9 Å². The van der Waals surface area contributed by atoms with Gasteiger partial charge in [0, 0.05) is 9.79 Å². The molecule has 0 fully saturated rings. The molecule has 0 atom stereocenters. The van der Waals surface area contributed by atoms with Crippen molar-refractivity contribution < 1.29 is 4.39 Å². The van der Waals surface area contributed by atoms with Gasteiger partial charge in [-0.1, -0.05) is 24.3 Å². The van der Waals surface area contributed by atoms with Gasteiger partial charge >= 0.3 is 0 Å². The minimum absolute atomic E-state index is 0.148. The molecular formula is C14H12FNS2. The molecule has 2 aromatic carbocycles. The molecule has 0 saturated heterocycles. The van der Waals surface area contributed by atoms with Gasteiger partial charge in [0.1, 0.15) is 5.82 Å². The molecule has 1 aliphatic heterocycles. The molecule has 0 unspecified atom stereocenters. The van der Waals surface area contributed by atoms with Crippen LogP contribution in [0.4, 0.5) is 10.1 Å². The Kier molecular flexibility index (Phi) is 3.48. The lowest BCUT2D eigenvalue weighted by atomic mass is 10.3. The molecular weight excluding hydrogens is 265 g/mol. The summed E-state index contributed by atoms with van der Waals surface area (Å²) in [7, 11) is 0. The van der Waals surface area contributed by atoms with E-state index in [4.69, 9.17) is 0 Å². The molecule has 1 aliphatic rings. The lowest BCUT2D eigenvalue weighted by molar-refractivity contribution is 0.625. The van der Waals surface area contributed by atoms with Crippen molar-refractivity contribution in [2.45, 2.75) is 9.79 Å². The van der Waals surface area contributed by atoms with Crippen LogP contribution < -0.4 is 4.90 Å². The van der Waals surface area contributed by atoms with Gasteiger partial charge in [-0.15, -0.1) is 23.5 Å². The van der Waals surface area contributed by atoms with Gasteiger partial charge in [-0.05, 0) is 24.3 Å². The smallest absolute Gasteiger partial charge is 0.146 e. The summed E-state index contributed by atoms with van der Waals surface area (Å²) in [5.74, 6) is 1.42. The molecule has 18 heavy (non-hydrogen) atoms. The zero-order valence-corrected chi connectivity index (χ0v) is 11.3. The zero-order chi connectivity index (χ0) is 12.4. The Balaban J connectivity index is 1.85. The second kappa shape index (κ2) is 5.24. The number of hydrogen-bond acceptors (Lipinski definition) is 3. The highest BCUT2D eigenvalue weighted by Gasteiger charge is 2.16. The van der Waals surface area contributed by atoms with Gasteiger partial charge in [-0.3, -0.25) is 0 Å². The third-order valence-electron chi connectivity index (χ3n) is 2.79. The van der Waals surface area contributed by atoms with Gasteiger partial charge in [0.05, 0.1) is 17.4 Å². The number of benzene rings is 2. The third kappa shape index (κ3) is 2.35. The van der Waals surface area contributed by atoms with E-state index >= 15 is 0 Å². The number of hydrogen-bond donors (Lipinski definition) is 0. The first-order valence-electron chi connectivity index (χ1n) is 5.69. The van der Waals surface area contributed by atoms with Crippen molar-refractivity contribution in [1.29, 1.82) is 0 Å². The minimum Gasteiger partial charge on any atom is -0.350 e. The van der Waals surface area contributed by atoms with Crippen molar-refractivity contribution >= 4 is 29.2 Å². The van der Waals surface area contributed by atoms with Crippen molar-refractivity contribution in [3.8, 4) is 0 Å².